The van der Waals surface area contributed by atoms with Crippen molar-refractivity contribution >= 4 is 27.4 Å². The number of anilines is 2. The lowest BCUT2D eigenvalue weighted by Crippen LogP contribution is -2.33. The molecule has 1 fully saturated rings. The number of sulfone groups is 1. The number of aromatic amines is 1. The molecule has 4 rings (SSSR count). The Morgan fingerprint density at radius 3 is 2.87 bits per heavy atom. The molecule has 1 aliphatic heterocycles. The minimum atomic E-state index is -3.28. The molecule has 1 aliphatic carbocycles. The largest absolute Gasteiger partial charge is 0.446 e. The van der Waals surface area contributed by atoms with Gasteiger partial charge in [0.2, 0.25) is 0 Å². The maximum absolute atomic E-state index is 14.8. The van der Waals surface area contributed by atoms with Gasteiger partial charge in [-0.3, -0.25) is 5.10 Å². The van der Waals surface area contributed by atoms with Crippen molar-refractivity contribution in [2.45, 2.75) is 62.7 Å². The van der Waals surface area contributed by atoms with Gasteiger partial charge in [-0.2, -0.15) is 5.10 Å². The normalized spacial score (nSPS) is 22.1. The van der Waals surface area contributed by atoms with Gasteiger partial charge in [0.15, 0.2) is 21.5 Å². The standard InChI is InChI=1S/C20H25FN4O4S/c1-11(2)22-20(26)29-14-5-3-12(7-14)17-8-18(25-24-17)23-16-6-4-13-9-30(27,28)10-15(13)19(16)21/h4,6,8,11-12,14H,3,5,7,9-10H2,1-2H3,(H,22,26)(H2,23,24,25)/t12-,14+/m1/s1. The number of nitrogens with zero attached hydrogens (tertiary/aromatic N) is 1. The molecule has 0 unspecified atom stereocenters. The van der Waals surface area contributed by atoms with E-state index in [-0.39, 0.29) is 40.8 Å². The van der Waals surface area contributed by atoms with E-state index in [1.54, 1.807) is 6.07 Å². The summed E-state index contributed by atoms with van der Waals surface area (Å²) < 4.78 is 43.7. The summed E-state index contributed by atoms with van der Waals surface area (Å²) in [6.45, 7) is 3.75. The first-order chi connectivity index (χ1) is 14.2. The average molecular weight is 437 g/mol. The van der Waals surface area contributed by atoms with Gasteiger partial charge in [-0.05, 0) is 44.7 Å². The third-order valence-corrected chi connectivity index (χ3v) is 6.92. The summed E-state index contributed by atoms with van der Waals surface area (Å²) in [5.74, 6) is -0.328. The number of ether oxygens (including phenoxy) is 1. The molecule has 30 heavy (non-hydrogen) atoms. The molecule has 1 aromatic carbocycles. The van der Waals surface area contributed by atoms with Gasteiger partial charge in [-0.15, -0.1) is 0 Å². The van der Waals surface area contributed by atoms with Crippen LogP contribution in [-0.4, -0.2) is 36.9 Å². The second-order valence-electron chi connectivity index (χ2n) is 8.27. The molecule has 10 heteroatoms. The lowest BCUT2D eigenvalue weighted by atomic mass is 10.0. The van der Waals surface area contributed by atoms with E-state index in [1.807, 2.05) is 19.9 Å². The number of H-pyrrole nitrogens is 1. The number of hydrogen-bond acceptors (Lipinski definition) is 6. The molecule has 2 atom stereocenters. The van der Waals surface area contributed by atoms with Gasteiger partial charge >= 0.3 is 6.09 Å². The number of amides is 1. The Bertz CT molecular complexity index is 1070. The van der Waals surface area contributed by atoms with E-state index < -0.39 is 21.7 Å². The lowest BCUT2D eigenvalue weighted by Gasteiger charge is -2.14. The van der Waals surface area contributed by atoms with Crippen LogP contribution in [-0.2, 0) is 26.1 Å². The zero-order chi connectivity index (χ0) is 21.5. The Morgan fingerprint density at radius 2 is 2.10 bits per heavy atom. The number of rotatable bonds is 5. The van der Waals surface area contributed by atoms with Gasteiger partial charge in [-0.25, -0.2) is 17.6 Å². The Balaban J connectivity index is 1.40. The summed E-state index contributed by atoms with van der Waals surface area (Å²) in [6, 6.07) is 5.01. The zero-order valence-corrected chi connectivity index (χ0v) is 17.7. The fraction of sp³-hybridized carbons (Fsp3) is 0.500. The maximum Gasteiger partial charge on any atom is 0.407 e. The number of carbonyl (C=O) groups excluding carboxylic acids is 1. The van der Waals surface area contributed by atoms with Gasteiger partial charge in [0.1, 0.15) is 6.10 Å². The van der Waals surface area contributed by atoms with Crippen molar-refractivity contribution in [1.82, 2.24) is 15.5 Å². The van der Waals surface area contributed by atoms with Crippen molar-refractivity contribution in [2.75, 3.05) is 5.32 Å². The molecular weight excluding hydrogens is 411 g/mol. The summed E-state index contributed by atoms with van der Waals surface area (Å²) in [5.41, 5.74) is 1.82. The number of fused-ring (bicyclic) bond motifs is 1. The molecule has 0 bridgehead atoms. The van der Waals surface area contributed by atoms with E-state index in [9.17, 15) is 17.6 Å². The first-order valence-electron chi connectivity index (χ1n) is 10.0. The minimum Gasteiger partial charge on any atom is -0.446 e. The van der Waals surface area contributed by atoms with Crippen LogP contribution in [0, 0.1) is 5.82 Å². The first kappa shape index (κ1) is 20.6. The summed E-state index contributed by atoms with van der Waals surface area (Å²) >= 11 is 0. The highest BCUT2D eigenvalue weighted by Gasteiger charge is 2.31. The van der Waals surface area contributed by atoms with Crippen LogP contribution in [0.25, 0.3) is 0 Å². The predicted octanol–water partition coefficient (Wildman–Crippen LogP) is 3.49. The number of benzene rings is 1. The maximum atomic E-state index is 14.8. The SMILES string of the molecule is CC(C)NC(=O)O[C@H]1CC[C@@H](c2cc(Nc3ccc4c(c3F)CS(=O)(=O)C4)n[nH]2)C1. The number of halogens is 1. The molecule has 2 heterocycles. The molecular formula is C20H25FN4O4S. The molecule has 2 aliphatic rings. The number of nitrogens with one attached hydrogen (secondary N) is 3. The molecule has 8 nitrogen and oxygen atoms in total. The van der Waals surface area contributed by atoms with Crippen molar-refractivity contribution in [2.24, 2.45) is 0 Å². The van der Waals surface area contributed by atoms with E-state index in [4.69, 9.17) is 4.74 Å². The van der Waals surface area contributed by atoms with Crippen molar-refractivity contribution in [3.05, 3.63) is 40.8 Å². The highest BCUT2D eigenvalue weighted by atomic mass is 32.2. The first-order valence-corrected chi connectivity index (χ1v) is 11.8. The topological polar surface area (TPSA) is 113 Å². The second kappa shape index (κ2) is 7.90. The Kier molecular flexibility index (Phi) is 5.44. The van der Waals surface area contributed by atoms with Crippen LogP contribution in [0.15, 0.2) is 18.2 Å². The van der Waals surface area contributed by atoms with Gasteiger partial charge in [0.25, 0.3) is 0 Å². The van der Waals surface area contributed by atoms with E-state index in [2.05, 4.69) is 20.8 Å². The number of aromatic nitrogens is 2. The van der Waals surface area contributed by atoms with Crippen LogP contribution in [0.3, 0.4) is 0 Å². The fourth-order valence-corrected chi connectivity index (χ4v) is 5.65. The van der Waals surface area contributed by atoms with Gasteiger partial charge in [-0.1, -0.05) is 6.07 Å². The van der Waals surface area contributed by atoms with E-state index in [0.717, 1.165) is 18.5 Å². The van der Waals surface area contributed by atoms with Crippen molar-refractivity contribution in [3.8, 4) is 0 Å². The highest BCUT2D eigenvalue weighted by molar-refractivity contribution is 7.90. The lowest BCUT2D eigenvalue weighted by molar-refractivity contribution is 0.0981. The van der Waals surface area contributed by atoms with Crippen LogP contribution in [0.1, 0.15) is 55.8 Å². The van der Waals surface area contributed by atoms with Crippen molar-refractivity contribution < 1.29 is 22.3 Å². The molecule has 0 saturated heterocycles. The molecule has 1 saturated carbocycles. The summed E-state index contributed by atoms with van der Waals surface area (Å²) in [5, 5.41) is 12.8. The third kappa shape index (κ3) is 4.43. The van der Waals surface area contributed by atoms with Crippen LogP contribution in [0.5, 0.6) is 0 Å². The highest BCUT2D eigenvalue weighted by Crippen LogP contribution is 2.37. The van der Waals surface area contributed by atoms with E-state index in [0.29, 0.717) is 17.8 Å². The van der Waals surface area contributed by atoms with E-state index in [1.165, 1.54) is 6.07 Å². The number of hydrogen-bond donors (Lipinski definition) is 3. The van der Waals surface area contributed by atoms with Crippen LogP contribution in [0.4, 0.5) is 20.7 Å². The molecule has 162 valence electrons. The van der Waals surface area contributed by atoms with Crippen LogP contribution < -0.4 is 10.6 Å². The van der Waals surface area contributed by atoms with Gasteiger partial charge in [0, 0.05) is 29.3 Å². The van der Waals surface area contributed by atoms with E-state index >= 15 is 0 Å². The van der Waals surface area contributed by atoms with Crippen molar-refractivity contribution in [3.63, 3.8) is 0 Å². The Hall–Kier alpha value is -2.62. The average Bonchev–Trinajstić information content (AvgIpc) is 3.35. The summed E-state index contributed by atoms with van der Waals surface area (Å²) in [4.78, 5) is 11.8. The summed E-state index contributed by atoms with van der Waals surface area (Å²) in [6.07, 6.45) is 1.76. The Morgan fingerprint density at radius 1 is 1.30 bits per heavy atom. The fourth-order valence-electron chi connectivity index (χ4n) is 4.06. The zero-order valence-electron chi connectivity index (χ0n) is 16.9. The smallest absolute Gasteiger partial charge is 0.407 e. The molecule has 1 amide bonds. The minimum absolute atomic E-state index is 0.0238. The predicted molar refractivity (Wildman–Crippen MR) is 110 cm³/mol. The molecule has 0 spiro atoms. The van der Waals surface area contributed by atoms with Crippen LogP contribution >= 0.6 is 0 Å². The van der Waals surface area contributed by atoms with Gasteiger partial charge in [0.05, 0.1) is 17.2 Å². The quantitative estimate of drug-likeness (QED) is 0.661. The third-order valence-electron chi connectivity index (χ3n) is 5.44. The molecule has 2 aromatic rings. The molecule has 3 N–H and O–H groups in total. The second-order valence-corrected chi connectivity index (χ2v) is 10.3. The Labute approximate surface area is 174 Å². The molecule has 1 aromatic heterocycles. The van der Waals surface area contributed by atoms with Crippen LogP contribution in [0.2, 0.25) is 0 Å². The number of carbonyl (C=O) groups is 1. The number of alkyl carbamates (subject to hydrolysis) is 1. The molecule has 0 radical (unpaired) electrons. The monoisotopic (exact) mass is 436 g/mol. The van der Waals surface area contributed by atoms with Crippen molar-refractivity contribution in [1.29, 1.82) is 0 Å². The summed E-state index contributed by atoms with van der Waals surface area (Å²) in [7, 11) is -3.28. The van der Waals surface area contributed by atoms with Gasteiger partial charge < -0.3 is 15.4 Å².